The summed E-state index contributed by atoms with van der Waals surface area (Å²) in [6, 6.07) is 0. The number of rotatable bonds is 3. The van der Waals surface area contributed by atoms with Gasteiger partial charge in [-0.3, -0.25) is 0 Å². The molecule has 0 unspecified atom stereocenters. The molecule has 18 heavy (non-hydrogen) atoms. The van der Waals surface area contributed by atoms with E-state index < -0.39 is 0 Å². The van der Waals surface area contributed by atoms with Gasteiger partial charge in [-0.2, -0.15) is 0 Å². The lowest BCUT2D eigenvalue weighted by Gasteiger charge is -2.13. The van der Waals surface area contributed by atoms with Crippen LogP contribution in [-0.4, -0.2) is 27.0 Å². The second-order valence-corrected chi connectivity index (χ2v) is 4.35. The lowest BCUT2D eigenvalue weighted by Crippen LogP contribution is -2.02. The van der Waals surface area contributed by atoms with Gasteiger partial charge in [-0.25, -0.2) is 19.9 Å². The van der Waals surface area contributed by atoms with Gasteiger partial charge in [-0.1, -0.05) is 25.4 Å². The van der Waals surface area contributed by atoms with E-state index in [9.17, 15) is 0 Å². The molecule has 0 radical (unpaired) electrons. The van der Waals surface area contributed by atoms with Gasteiger partial charge in [0, 0.05) is 18.0 Å². The fraction of sp³-hybridized carbons (Fsp3) is 0.333. The molecule has 5 nitrogen and oxygen atoms in total. The van der Waals surface area contributed by atoms with Gasteiger partial charge in [0.05, 0.1) is 7.11 Å². The van der Waals surface area contributed by atoms with Crippen LogP contribution in [0.2, 0.25) is 5.15 Å². The van der Waals surface area contributed by atoms with Crippen LogP contribution in [0.15, 0.2) is 18.7 Å². The first-order valence-electron chi connectivity index (χ1n) is 5.51. The van der Waals surface area contributed by atoms with E-state index in [2.05, 4.69) is 19.9 Å². The van der Waals surface area contributed by atoms with E-state index in [1.807, 2.05) is 13.8 Å². The number of hydrogen-bond acceptors (Lipinski definition) is 5. The first-order valence-corrected chi connectivity index (χ1v) is 5.88. The number of methoxy groups -OCH3 is 1. The zero-order valence-electron chi connectivity index (χ0n) is 10.4. The van der Waals surface area contributed by atoms with Gasteiger partial charge in [0.1, 0.15) is 17.2 Å². The van der Waals surface area contributed by atoms with E-state index >= 15 is 0 Å². The molecule has 6 heteroatoms. The molecule has 0 N–H and O–H groups in total. The Kier molecular flexibility index (Phi) is 3.72. The van der Waals surface area contributed by atoms with Gasteiger partial charge >= 0.3 is 0 Å². The standard InChI is InChI=1S/C12H13ClN4O/c1-7(2)8-9(16-6-17-11(8)13)10-12(18-3)15-5-4-14-10/h4-7H,1-3H3. The number of ether oxygens (including phenoxy) is 1. The van der Waals surface area contributed by atoms with Crippen molar-refractivity contribution in [3.8, 4) is 17.3 Å². The molecule has 2 aromatic rings. The van der Waals surface area contributed by atoms with Gasteiger partial charge in [0.25, 0.3) is 0 Å². The summed E-state index contributed by atoms with van der Waals surface area (Å²) in [4.78, 5) is 16.7. The molecule has 0 aliphatic carbocycles. The molecule has 0 aromatic carbocycles. The third-order valence-corrected chi connectivity index (χ3v) is 2.80. The molecule has 0 fully saturated rings. The molecule has 0 saturated heterocycles. The Morgan fingerprint density at radius 2 is 1.78 bits per heavy atom. The van der Waals surface area contributed by atoms with Crippen LogP contribution in [0.3, 0.4) is 0 Å². The summed E-state index contributed by atoms with van der Waals surface area (Å²) >= 11 is 6.13. The van der Waals surface area contributed by atoms with Crippen molar-refractivity contribution in [1.82, 2.24) is 19.9 Å². The van der Waals surface area contributed by atoms with Crippen LogP contribution in [-0.2, 0) is 0 Å². The smallest absolute Gasteiger partial charge is 0.241 e. The molecule has 2 heterocycles. The van der Waals surface area contributed by atoms with Crippen molar-refractivity contribution in [2.75, 3.05) is 7.11 Å². The van der Waals surface area contributed by atoms with Crippen LogP contribution in [0.25, 0.3) is 11.4 Å². The summed E-state index contributed by atoms with van der Waals surface area (Å²) in [5.41, 5.74) is 2.08. The highest BCUT2D eigenvalue weighted by Crippen LogP contribution is 2.33. The maximum atomic E-state index is 6.13. The topological polar surface area (TPSA) is 60.8 Å². The number of nitrogens with zero attached hydrogens (tertiary/aromatic N) is 4. The molecule has 0 bridgehead atoms. The minimum absolute atomic E-state index is 0.181. The second kappa shape index (κ2) is 5.27. The zero-order chi connectivity index (χ0) is 13.1. The van der Waals surface area contributed by atoms with E-state index in [0.29, 0.717) is 22.4 Å². The van der Waals surface area contributed by atoms with Crippen molar-refractivity contribution >= 4 is 11.6 Å². The molecule has 0 aliphatic heterocycles. The zero-order valence-corrected chi connectivity index (χ0v) is 11.1. The van der Waals surface area contributed by atoms with Crippen LogP contribution in [0.5, 0.6) is 5.88 Å². The van der Waals surface area contributed by atoms with Crippen molar-refractivity contribution in [1.29, 1.82) is 0 Å². The average molecular weight is 265 g/mol. The van der Waals surface area contributed by atoms with Gasteiger partial charge < -0.3 is 4.74 Å². The minimum atomic E-state index is 0.181. The second-order valence-electron chi connectivity index (χ2n) is 4.00. The number of halogens is 1. The predicted molar refractivity (Wildman–Crippen MR) is 68.7 cm³/mol. The molecule has 2 aromatic heterocycles. The fourth-order valence-electron chi connectivity index (χ4n) is 1.71. The quantitative estimate of drug-likeness (QED) is 0.798. The Balaban J connectivity index is 2.67. The van der Waals surface area contributed by atoms with Gasteiger partial charge in [-0.05, 0) is 5.92 Å². The third kappa shape index (κ3) is 2.26. The molecule has 0 spiro atoms. The summed E-state index contributed by atoms with van der Waals surface area (Å²) in [7, 11) is 1.55. The van der Waals surface area contributed by atoms with E-state index in [0.717, 1.165) is 5.56 Å². The molecule has 2 rings (SSSR count). The first-order chi connectivity index (χ1) is 8.65. The fourth-order valence-corrected chi connectivity index (χ4v) is 2.06. The third-order valence-electron chi connectivity index (χ3n) is 2.49. The molecule has 0 aliphatic rings. The largest absolute Gasteiger partial charge is 0.479 e. The van der Waals surface area contributed by atoms with Gasteiger partial charge in [-0.15, -0.1) is 0 Å². The summed E-state index contributed by atoms with van der Waals surface area (Å²) in [5, 5.41) is 0.433. The maximum Gasteiger partial charge on any atom is 0.241 e. The van der Waals surface area contributed by atoms with Crippen molar-refractivity contribution in [2.24, 2.45) is 0 Å². The summed E-state index contributed by atoms with van der Waals surface area (Å²) < 4.78 is 5.20. The highest BCUT2D eigenvalue weighted by atomic mass is 35.5. The van der Waals surface area contributed by atoms with E-state index in [-0.39, 0.29) is 5.92 Å². The SMILES string of the molecule is COc1nccnc1-c1ncnc(Cl)c1C(C)C. The maximum absolute atomic E-state index is 6.13. The Morgan fingerprint density at radius 1 is 1.06 bits per heavy atom. The highest BCUT2D eigenvalue weighted by molar-refractivity contribution is 6.30. The minimum Gasteiger partial charge on any atom is -0.479 e. The Bertz CT molecular complexity index is 560. The van der Waals surface area contributed by atoms with E-state index in [4.69, 9.17) is 16.3 Å². The molecule has 94 valence electrons. The van der Waals surface area contributed by atoms with Crippen LogP contribution < -0.4 is 4.74 Å². The van der Waals surface area contributed by atoms with Crippen LogP contribution >= 0.6 is 11.6 Å². The van der Waals surface area contributed by atoms with Gasteiger partial charge in [0.2, 0.25) is 5.88 Å². The van der Waals surface area contributed by atoms with Crippen molar-refractivity contribution in [3.05, 3.63) is 29.4 Å². The van der Waals surface area contributed by atoms with E-state index in [1.54, 1.807) is 19.5 Å². The van der Waals surface area contributed by atoms with Crippen LogP contribution in [0.4, 0.5) is 0 Å². The number of aromatic nitrogens is 4. The summed E-state index contributed by atoms with van der Waals surface area (Å²) in [6.45, 7) is 4.05. The van der Waals surface area contributed by atoms with Crippen molar-refractivity contribution in [3.63, 3.8) is 0 Å². The van der Waals surface area contributed by atoms with E-state index in [1.165, 1.54) is 6.33 Å². The molecule has 0 saturated carbocycles. The highest BCUT2D eigenvalue weighted by Gasteiger charge is 2.19. The molecular weight excluding hydrogens is 252 g/mol. The number of hydrogen-bond donors (Lipinski definition) is 0. The Morgan fingerprint density at radius 3 is 2.44 bits per heavy atom. The van der Waals surface area contributed by atoms with Crippen LogP contribution in [0, 0.1) is 0 Å². The molecule has 0 amide bonds. The van der Waals surface area contributed by atoms with Crippen LogP contribution in [0.1, 0.15) is 25.3 Å². The summed E-state index contributed by atoms with van der Waals surface area (Å²) in [6.07, 6.45) is 4.58. The summed E-state index contributed by atoms with van der Waals surface area (Å²) in [5.74, 6) is 0.606. The normalized spacial score (nSPS) is 10.7. The van der Waals surface area contributed by atoms with Gasteiger partial charge in [0.15, 0.2) is 5.69 Å². The van der Waals surface area contributed by atoms with Crippen molar-refractivity contribution in [2.45, 2.75) is 19.8 Å². The lowest BCUT2D eigenvalue weighted by molar-refractivity contribution is 0.397. The predicted octanol–water partition coefficient (Wildman–Crippen LogP) is 2.72. The Hall–Kier alpha value is -1.75. The lowest BCUT2D eigenvalue weighted by atomic mass is 10.0. The van der Waals surface area contributed by atoms with Crippen molar-refractivity contribution < 1.29 is 4.74 Å². The average Bonchev–Trinajstić information content (AvgIpc) is 2.38. The molecule has 0 atom stereocenters. The Labute approximate surface area is 110 Å². The molecular formula is C12H13ClN4O. The first kappa shape index (κ1) is 12.7. The monoisotopic (exact) mass is 264 g/mol.